The van der Waals surface area contributed by atoms with Gasteiger partial charge < -0.3 is 20.9 Å². The molecule has 0 aliphatic heterocycles. The first-order valence-electron chi connectivity index (χ1n) is 9.02. The zero-order valence-corrected chi connectivity index (χ0v) is 16.6. The van der Waals surface area contributed by atoms with E-state index in [2.05, 4.69) is 20.9 Å². The standard InChI is InChI=1S/C21H26N4O3/c1-14(25(4)20-8-6-5-7-9-20)13-22-21(28)17-10-18(23-15(2)26)12-19(11-17)24-16(3)27/h5-12,14H,13H2,1-4H3,(H,22,28)(H,23,26)(H,24,27). The first-order valence-corrected chi connectivity index (χ1v) is 9.02. The van der Waals surface area contributed by atoms with Crippen molar-refractivity contribution < 1.29 is 14.4 Å². The second-order valence-electron chi connectivity index (χ2n) is 6.67. The van der Waals surface area contributed by atoms with Gasteiger partial charge >= 0.3 is 0 Å². The molecule has 3 N–H and O–H groups in total. The number of carbonyl (C=O) groups is 3. The number of anilines is 3. The molecular weight excluding hydrogens is 356 g/mol. The van der Waals surface area contributed by atoms with Crippen molar-refractivity contribution in [3.05, 3.63) is 54.1 Å². The lowest BCUT2D eigenvalue weighted by Gasteiger charge is -2.27. The molecule has 7 heteroatoms. The number of hydrogen-bond donors (Lipinski definition) is 3. The summed E-state index contributed by atoms with van der Waals surface area (Å²) in [4.78, 5) is 37.4. The van der Waals surface area contributed by atoms with E-state index in [4.69, 9.17) is 0 Å². The monoisotopic (exact) mass is 382 g/mol. The summed E-state index contributed by atoms with van der Waals surface area (Å²) in [6.07, 6.45) is 0. The van der Waals surface area contributed by atoms with E-state index >= 15 is 0 Å². The Bertz CT molecular complexity index is 818. The summed E-state index contributed by atoms with van der Waals surface area (Å²) in [5.41, 5.74) is 2.30. The minimum Gasteiger partial charge on any atom is -0.370 e. The number of carbonyl (C=O) groups excluding carboxylic acids is 3. The van der Waals surface area contributed by atoms with E-state index in [0.29, 0.717) is 23.5 Å². The van der Waals surface area contributed by atoms with E-state index in [1.54, 1.807) is 18.2 Å². The molecular formula is C21H26N4O3. The molecule has 0 aliphatic rings. The summed E-state index contributed by atoms with van der Waals surface area (Å²) in [7, 11) is 1.97. The number of rotatable bonds is 7. The predicted octanol–water partition coefficient (Wildman–Crippen LogP) is 2.86. The summed E-state index contributed by atoms with van der Waals surface area (Å²) in [5.74, 6) is -0.805. The van der Waals surface area contributed by atoms with E-state index in [9.17, 15) is 14.4 Å². The summed E-state index contributed by atoms with van der Waals surface area (Å²) >= 11 is 0. The Hall–Kier alpha value is -3.35. The second-order valence-corrected chi connectivity index (χ2v) is 6.67. The molecule has 1 unspecified atom stereocenters. The largest absolute Gasteiger partial charge is 0.370 e. The first-order chi connectivity index (χ1) is 13.3. The molecule has 0 fully saturated rings. The van der Waals surface area contributed by atoms with E-state index in [1.807, 2.05) is 44.3 Å². The van der Waals surface area contributed by atoms with Gasteiger partial charge in [0, 0.05) is 56.1 Å². The van der Waals surface area contributed by atoms with Crippen molar-refractivity contribution >= 4 is 34.8 Å². The number of benzene rings is 2. The third-order valence-electron chi connectivity index (χ3n) is 4.22. The fraction of sp³-hybridized carbons (Fsp3) is 0.286. The normalized spacial score (nSPS) is 11.3. The Balaban J connectivity index is 2.09. The number of amides is 3. The van der Waals surface area contributed by atoms with E-state index in [0.717, 1.165) is 5.69 Å². The van der Waals surface area contributed by atoms with Crippen LogP contribution in [0.5, 0.6) is 0 Å². The third-order valence-corrected chi connectivity index (χ3v) is 4.22. The lowest BCUT2D eigenvalue weighted by Crippen LogP contribution is -2.40. The average Bonchev–Trinajstić information content (AvgIpc) is 2.64. The number of likely N-dealkylation sites (N-methyl/N-ethyl adjacent to an activating group) is 1. The molecule has 0 radical (unpaired) electrons. The summed E-state index contributed by atoms with van der Waals surface area (Å²) in [6.45, 7) is 5.21. The maximum atomic E-state index is 12.6. The maximum absolute atomic E-state index is 12.6. The molecule has 3 amide bonds. The van der Waals surface area contributed by atoms with Crippen molar-refractivity contribution in [3.8, 4) is 0 Å². The predicted molar refractivity (Wildman–Crippen MR) is 112 cm³/mol. The van der Waals surface area contributed by atoms with Crippen LogP contribution in [-0.2, 0) is 9.59 Å². The summed E-state index contributed by atoms with van der Waals surface area (Å²) in [5, 5.41) is 8.18. The van der Waals surface area contributed by atoms with Gasteiger partial charge in [0.2, 0.25) is 11.8 Å². The molecule has 2 aromatic rings. The Labute approximate surface area is 165 Å². The molecule has 28 heavy (non-hydrogen) atoms. The van der Waals surface area contributed by atoms with Gasteiger partial charge in [0.05, 0.1) is 0 Å². The average molecular weight is 382 g/mol. The topological polar surface area (TPSA) is 90.5 Å². The van der Waals surface area contributed by atoms with Crippen LogP contribution in [0.2, 0.25) is 0 Å². The van der Waals surface area contributed by atoms with Crippen molar-refractivity contribution in [3.63, 3.8) is 0 Å². The molecule has 0 aliphatic carbocycles. The smallest absolute Gasteiger partial charge is 0.251 e. The Kier molecular flexibility index (Phi) is 7.14. The molecule has 0 spiro atoms. The number of para-hydroxylation sites is 1. The van der Waals surface area contributed by atoms with Crippen molar-refractivity contribution in [2.24, 2.45) is 0 Å². The van der Waals surface area contributed by atoms with Gasteiger partial charge in [0.25, 0.3) is 5.91 Å². The van der Waals surface area contributed by atoms with Gasteiger partial charge in [-0.3, -0.25) is 14.4 Å². The highest BCUT2D eigenvalue weighted by molar-refractivity contribution is 5.99. The zero-order valence-electron chi connectivity index (χ0n) is 16.6. The van der Waals surface area contributed by atoms with Crippen LogP contribution in [0.3, 0.4) is 0 Å². The highest BCUT2D eigenvalue weighted by Crippen LogP contribution is 2.20. The Morgan fingerprint density at radius 3 is 1.96 bits per heavy atom. The van der Waals surface area contributed by atoms with E-state index in [1.165, 1.54) is 13.8 Å². The van der Waals surface area contributed by atoms with Crippen LogP contribution in [0.4, 0.5) is 17.1 Å². The zero-order chi connectivity index (χ0) is 20.7. The molecule has 0 aromatic heterocycles. The molecule has 0 saturated carbocycles. The molecule has 0 saturated heterocycles. The third kappa shape index (κ3) is 6.12. The van der Waals surface area contributed by atoms with Crippen LogP contribution in [0.1, 0.15) is 31.1 Å². The number of hydrogen-bond acceptors (Lipinski definition) is 4. The lowest BCUT2D eigenvalue weighted by molar-refractivity contribution is -0.115. The molecule has 2 aromatic carbocycles. The molecule has 0 heterocycles. The van der Waals surface area contributed by atoms with Crippen molar-refractivity contribution in [1.82, 2.24) is 5.32 Å². The first kappa shape index (κ1) is 21.0. The molecule has 1 atom stereocenters. The van der Waals surface area contributed by atoms with E-state index < -0.39 is 0 Å². The molecule has 148 valence electrons. The molecule has 2 rings (SSSR count). The SMILES string of the molecule is CC(=O)Nc1cc(NC(C)=O)cc(C(=O)NCC(C)N(C)c2ccccc2)c1. The maximum Gasteiger partial charge on any atom is 0.251 e. The van der Waals surface area contributed by atoms with Crippen molar-refractivity contribution in [1.29, 1.82) is 0 Å². The van der Waals surface area contributed by atoms with Gasteiger partial charge in [-0.15, -0.1) is 0 Å². The van der Waals surface area contributed by atoms with Crippen molar-refractivity contribution in [2.75, 3.05) is 29.1 Å². The van der Waals surface area contributed by atoms with Crippen LogP contribution in [0, 0.1) is 0 Å². The summed E-state index contributed by atoms with van der Waals surface area (Å²) in [6, 6.07) is 14.7. The van der Waals surface area contributed by atoms with Gasteiger partial charge in [0.1, 0.15) is 0 Å². The quantitative estimate of drug-likeness (QED) is 0.687. The van der Waals surface area contributed by atoms with Gasteiger partial charge in [0.15, 0.2) is 0 Å². The Morgan fingerprint density at radius 1 is 0.929 bits per heavy atom. The van der Waals surface area contributed by atoms with Crippen LogP contribution < -0.4 is 20.9 Å². The highest BCUT2D eigenvalue weighted by Gasteiger charge is 2.14. The van der Waals surface area contributed by atoms with Gasteiger partial charge in [-0.1, -0.05) is 18.2 Å². The minimum atomic E-state index is -0.285. The highest BCUT2D eigenvalue weighted by atomic mass is 16.2. The minimum absolute atomic E-state index is 0.0692. The van der Waals surface area contributed by atoms with Crippen LogP contribution in [0.15, 0.2) is 48.5 Å². The fourth-order valence-electron chi connectivity index (χ4n) is 2.71. The van der Waals surface area contributed by atoms with Crippen molar-refractivity contribution in [2.45, 2.75) is 26.8 Å². The number of nitrogens with one attached hydrogen (secondary N) is 3. The van der Waals surface area contributed by atoms with Crippen LogP contribution >= 0.6 is 0 Å². The van der Waals surface area contributed by atoms with Crippen LogP contribution in [0.25, 0.3) is 0 Å². The second kappa shape index (κ2) is 9.55. The van der Waals surface area contributed by atoms with Gasteiger partial charge in [-0.25, -0.2) is 0 Å². The lowest BCUT2D eigenvalue weighted by atomic mass is 10.1. The number of nitrogens with zero attached hydrogens (tertiary/aromatic N) is 1. The van der Waals surface area contributed by atoms with Gasteiger partial charge in [-0.2, -0.15) is 0 Å². The fourth-order valence-corrected chi connectivity index (χ4v) is 2.71. The Morgan fingerprint density at radius 2 is 1.46 bits per heavy atom. The van der Waals surface area contributed by atoms with Crippen LogP contribution in [-0.4, -0.2) is 37.4 Å². The van der Waals surface area contributed by atoms with Gasteiger partial charge in [-0.05, 0) is 37.3 Å². The molecule has 0 bridgehead atoms. The summed E-state index contributed by atoms with van der Waals surface area (Å²) < 4.78 is 0. The molecule has 7 nitrogen and oxygen atoms in total. The van der Waals surface area contributed by atoms with E-state index in [-0.39, 0.29) is 23.8 Å².